The number of carbonyl (C=O) groups excluding carboxylic acids is 3. The fourth-order valence-corrected chi connectivity index (χ4v) is 7.26. The van der Waals surface area contributed by atoms with Gasteiger partial charge in [0, 0.05) is 19.3 Å². The quantitative estimate of drug-likeness (QED) is 0.0199. The van der Waals surface area contributed by atoms with Crippen LogP contribution in [0, 0.1) is 0 Å². The Kier molecular flexibility index (Phi) is 52.0. The number of ether oxygens (including phenoxy) is 3. The Bertz CT molecular complexity index is 1450. The van der Waals surface area contributed by atoms with Crippen molar-refractivity contribution >= 4 is 17.9 Å². The van der Waals surface area contributed by atoms with E-state index in [1.807, 2.05) is 72.9 Å². The van der Waals surface area contributed by atoms with Crippen LogP contribution in [-0.4, -0.2) is 37.2 Å². The van der Waals surface area contributed by atoms with Crippen molar-refractivity contribution in [3.05, 3.63) is 122 Å². The van der Waals surface area contributed by atoms with Crippen LogP contribution in [0.15, 0.2) is 122 Å². The highest BCUT2D eigenvalue weighted by molar-refractivity contribution is 5.71. The summed E-state index contributed by atoms with van der Waals surface area (Å²) in [4.78, 5) is 38.1. The van der Waals surface area contributed by atoms with Crippen LogP contribution in [-0.2, 0) is 28.6 Å². The van der Waals surface area contributed by atoms with Crippen molar-refractivity contribution < 1.29 is 28.6 Å². The van der Waals surface area contributed by atoms with E-state index in [4.69, 9.17) is 14.2 Å². The van der Waals surface area contributed by atoms with Gasteiger partial charge < -0.3 is 14.2 Å². The van der Waals surface area contributed by atoms with Crippen LogP contribution in [0.1, 0.15) is 233 Å². The predicted octanol–water partition coefficient (Wildman–Crippen LogP) is 18.5. The molecule has 0 aliphatic carbocycles. The molecule has 68 heavy (non-hydrogen) atoms. The van der Waals surface area contributed by atoms with Crippen molar-refractivity contribution in [1.82, 2.24) is 0 Å². The second-order valence-corrected chi connectivity index (χ2v) is 17.9. The summed E-state index contributed by atoms with van der Waals surface area (Å²) in [6.07, 6.45) is 76.1. The second-order valence-electron chi connectivity index (χ2n) is 17.9. The molecule has 0 spiro atoms. The highest BCUT2D eigenvalue weighted by Crippen LogP contribution is 2.15. The van der Waals surface area contributed by atoms with Crippen molar-refractivity contribution in [3.8, 4) is 0 Å². The Balaban J connectivity index is 4.58. The first-order chi connectivity index (χ1) is 33.5. The van der Waals surface area contributed by atoms with Crippen molar-refractivity contribution in [2.45, 2.75) is 239 Å². The molecule has 6 nitrogen and oxygen atoms in total. The van der Waals surface area contributed by atoms with E-state index in [-0.39, 0.29) is 37.5 Å². The summed E-state index contributed by atoms with van der Waals surface area (Å²) in [6, 6.07) is 0. The Morgan fingerprint density at radius 3 is 1.09 bits per heavy atom. The molecule has 0 heterocycles. The molecule has 0 aromatic heterocycles. The van der Waals surface area contributed by atoms with Gasteiger partial charge in [-0.1, -0.05) is 264 Å². The van der Waals surface area contributed by atoms with Crippen molar-refractivity contribution in [3.63, 3.8) is 0 Å². The molecule has 0 amide bonds. The lowest BCUT2D eigenvalue weighted by atomic mass is 10.0. The minimum atomic E-state index is -0.825. The van der Waals surface area contributed by atoms with Crippen LogP contribution in [0.3, 0.4) is 0 Å². The van der Waals surface area contributed by atoms with Gasteiger partial charge in [0.25, 0.3) is 0 Å². The van der Waals surface area contributed by atoms with Crippen molar-refractivity contribution in [2.24, 2.45) is 0 Å². The summed E-state index contributed by atoms with van der Waals surface area (Å²) >= 11 is 0. The summed E-state index contributed by atoms with van der Waals surface area (Å²) in [7, 11) is 0. The number of rotatable bonds is 48. The van der Waals surface area contributed by atoms with E-state index >= 15 is 0 Å². The van der Waals surface area contributed by atoms with Gasteiger partial charge in [-0.05, 0) is 70.6 Å². The number of allylic oxidation sites excluding steroid dienone is 20. The van der Waals surface area contributed by atoms with E-state index in [0.717, 1.165) is 70.6 Å². The minimum Gasteiger partial charge on any atom is -0.462 e. The van der Waals surface area contributed by atoms with Gasteiger partial charge in [-0.2, -0.15) is 0 Å². The van der Waals surface area contributed by atoms with Crippen LogP contribution in [0.2, 0.25) is 0 Å². The van der Waals surface area contributed by atoms with Gasteiger partial charge in [-0.25, -0.2) is 0 Å². The number of hydrogen-bond donors (Lipinski definition) is 0. The van der Waals surface area contributed by atoms with Gasteiger partial charge in [-0.3, -0.25) is 14.4 Å². The Morgan fingerprint density at radius 2 is 0.647 bits per heavy atom. The second kappa shape index (κ2) is 55.4. The first-order valence-corrected chi connectivity index (χ1v) is 27.6. The maximum absolute atomic E-state index is 12.8. The molecule has 0 fully saturated rings. The normalized spacial score (nSPS) is 13.0. The van der Waals surface area contributed by atoms with Gasteiger partial charge >= 0.3 is 17.9 Å². The lowest BCUT2D eigenvalue weighted by Gasteiger charge is -2.18. The molecule has 0 aliphatic heterocycles. The maximum Gasteiger partial charge on any atom is 0.306 e. The predicted molar refractivity (Wildman–Crippen MR) is 293 cm³/mol. The summed E-state index contributed by atoms with van der Waals surface area (Å²) in [5, 5.41) is 0. The SMILES string of the molecule is CC\C=C/C=C\C=C/C=C\C=C\C=C/C=C\CCCCCC(=O)OCC(COC(=O)CCCCCCCCCCCCCCCC)OC(=O)CCC/C=C\C/C=C\C/C=C\CCCCCCCC. The van der Waals surface area contributed by atoms with Gasteiger partial charge in [0.05, 0.1) is 0 Å². The zero-order valence-corrected chi connectivity index (χ0v) is 43.8. The summed E-state index contributed by atoms with van der Waals surface area (Å²) < 4.78 is 16.8. The molecule has 1 unspecified atom stereocenters. The van der Waals surface area contributed by atoms with Crippen LogP contribution in [0.25, 0.3) is 0 Å². The molecule has 0 rings (SSSR count). The summed E-state index contributed by atoms with van der Waals surface area (Å²) in [5.41, 5.74) is 0. The summed E-state index contributed by atoms with van der Waals surface area (Å²) in [6.45, 7) is 6.40. The van der Waals surface area contributed by atoms with Gasteiger partial charge in [-0.15, -0.1) is 0 Å². The molecule has 1 atom stereocenters. The topological polar surface area (TPSA) is 78.9 Å². The number of unbranched alkanes of at least 4 members (excludes halogenated alkanes) is 23. The first kappa shape index (κ1) is 63.8. The lowest BCUT2D eigenvalue weighted by Crippen LogP contribution is -2.30. The summed E-state index contributed by atoms with van der Waals surface area (Å²) in [5.74, 6) is -1.02. The van der Waals surface area contributed by atoms with E-state index in [2.05, 4.69) is 69.4 Å². The van der Waals surface area contributed by atoms with Crippen LogP contribution in [0.4, 0.5) is 0 Å². The van der Waals surface area contributed by atoms with Gasteiger partial charge in [0.15, 0.2) is 6.10 Å². The molecule has 0 aromatic rings. The van der Waals surface area contributed by atoms with Crippen LogP contribution >= 0.6 is 0 Å². The molecule has 0 saturated heterocycles. The number of esters is 3. The fraction of sp³-hybridized carbons (Fsp3) is 0.629. The monoisotopic (exact) mass is 941 g/mol. The fourth-order valence-electron chi connectivity index (χ4n) is 7.26. The standard InChI is InChI=1S/C62H100O6/c1-4-7-10-13-16-19-22-25-28-30-31-33-34-37-40-43-46-49-52-55-61(64)67-58-59(57-66-60(63)54-51-48-45-42-39-36-27-24-21-18-15-12-9-6-3)68-62(65)56-53-50-47-44-41-38-35-32-29-26-23-20-17-14-11-8-5-2/h7,10,13,16,19,22,25-26,28-31,33-35,37-38,40,44,47,59H,4-6,8-9,11-12,14-15,17-18,20-21,23-24,27,32,36,39,41-43,45-46,48-58H2,1-3H3/b10-7-,16-13-,22-19-,28-25-,29-26-,31-30+,34-33-,38-35-,40-37-,47-44-. The van der Waals surface area contributed by atoms with Gasteiger partial charge in [0.1, 0.15) is 13.2 Å². The molecular weight excluding hydrogens is 841 g/mol. The molecule has 384 valence electrons. The highest BCUT2D eigenvalue weighted by atomic mass is 16.6. The molecule has 0 bridgehead atoms. The van der Waals surface area contributed by atoms with E-state index in [1.165, 1.54) is 116 Å². The zero-order valence-electron chi connectivity index (χ0n) is 43.8. The van der Waals surface area contributed by atoms with E-state index < -0.39 is 6.10 Å². The molecule has 6 heteroatoms. The molecule has 0 aromatic carbocycles. The Hall–Kier alpha value is -4.19. The maximum atomic E-state index is 12.8. The molecule has 0 saturated carbocycles. The third-order valence-electron chi connectivity index (χ3n) is 11.4. The number of hydrogen-bond acceptors (Lipinski definition) is 6. The highest BCUT2D eigenvalue weighted by Gasteiger charge is 2.19. The third-order valence-corrected chi connectivity index (χ3v) is 11.4. The van der Waals surface area contributed by atoms with Gasteiger partial charge in [0.2, 0.25) is 0 Å². The zero-order chi connectivity index (χ0) is 49.3. The van der Waals surface area contributed by atoms with E-state index in [1.54, 1.807) is 0 Å². The molecule has 0 aliphatic rings. The lowest BCUT2D eigenvalue weighted by molar-refractivity contribution is -0.167. The largest absolute Gasteiger partial charge is 0.462 e. The first-order valence-electron chi connectivity index (χ1n) is 27.6. The van der Waals surface area contributed by atoms with Crippen LogP contribution < -0.4 is 0 Å². The smallest absolute Gasteiger partial charge is 0.306 e. The van der Waals surface area contributed by atoms with Crippen LogP contribution in [0.5, 0.6) is 0 Å². The van der Waals surface area contributed by atoms with Crippen molar-refractivity contribution in [1.29, 1.82) is 0 Å². The number of carbonyl (C=O) groups is 3. The van der Waals surface area contributed by atoms with E-state index in [9.17, 15) is 14.4 Å². The Morgan fingerprint density at radius 1 is 0.324 bits per heavy atom. The Labute approximate surface area is 418 Å². The molecular formula is C62H100O6. The molecule has 0 N–H and O–H groups in total. The average molecular weight is 941 g/mol. The average Bonchev–Trinajstić information content (AvgIpc) is 3.34. The third kappa shape index (κ3) is 52.8. The molecule has 0 radical (unpaired) electrons. The van der Waals surface area contributed by atoms with E-state index in [0.29, 0.717) is 19.3 Å². The minimum absolute atomic E-state index is 0.114. The van der Waals surface area contributed by atoms with Crippen molar-refractivity contribution in [2.75, 3.05) is 13.2 Å².